The van der Waals surface area contributed by atoms with Crippen molar-refractivity contribution in [1.82, 2.24) is 0 Å². The summed E-state index contributed by atoms with van der Waals surface area (Å²) in [5.74, 6) is -0.841. The monoisotopic (exact) mass is 510 g/mol. The number of phenolic OH excluding ortho intramolecular Hbond substituents is 3. The van der Waals surface area contributed by atoms with Crippen molar-refractivity contribution >= 4 is 18.1 Å². The van der Waals surface area contributed by atoms with Gasteiger partial charge in [0.1, 0.15) is 41.3 Å². The molecule has 0 aliphatic carbocycles. The second-order valence-electron chi connectivity index (χ2n) is 8.43. The van der Waals surface area contributed by atoms with Gasteiger partial charge in [0.2, 0.25) is 6.29 Å². The molecule has 1 heterocycles. The number of rotatable bonds is 7. The molecule has 0 saturated carbocycles. The van der Waals surface area contributed by atoms with Gasteiger partial charge in [0, 0.05) is 6.07 Å². The van der Waals surface area contributed by atoms with Crippen LogP contribution >= 0.6 is 0 Å². The first-order valence-electron chi connectivity index (χ1n) is 11.3. The summed E-state index contributed by atoms with van der Waals surface area (Å²) in [6, 6.07) is 16.0. The highest BCUT2D eigenvalue weighted by molar-refractivity contribution is 5.89. The average Bonchev–Trinajstić information content (AvgIpc) is 2.88. The minimum atomic E-state index is -1.66. The molecule has 0 unspecified atom stereocenters. The lowest BCUT2D eigenvalue weighted by atomic mass is 9.99. The average molecular weight is 510 g/mol. The summed E-state index contributed by atoms with van der Waals surface area (Å²) in [4.78, 5) is 12.7. The maximum Gasteiger partial charge on any atom is 0.338 e. The normalized spacial score (nSPS) is 23.6. The van der Waals surface area contributed by atoms with Crippen molar-refractivity contribution in [3.05, 3.63) is 83.4 Å². The fraction of sp³-hybridized carbons (Fsp3) is 0.222. The van der Waals surface area contributed by atoms with Crippen LogP contribution in [0.15, 0.2) is 66.7 Å². The Morgan fingerprint density at radius 2 is 1.43 bits per heavy atom. The number of aliphatic hydroxyl groups excluding tert-OH is 3. The Balaban J connectivity index is 1.56. The Bertz CT molecular complexity index is 1240. The quantitative estimate of drug-likeness (QED) is 0.204. The van der Waals surface area contributed by atoms with E-state index in [1.165, 1.54) is 48.5 Å². The first-order valence-corrected chi connectivity index (χ1v) is 11.3. The summed E-state index contributed by atoms with van der Waals surface area (Å²) in [5.41, 5.74) is 1.40. The predicted octanol–water partition coefficient (Wildman–Crippen LogP) is 2.02. The molecule has 6 N–H and O–H groups in total. The number of hydrogen-bond donors (Lipinski definition) is 6. The third kappa shape index (κ3) is 6.38. The standard InChI is InChI=1S/C27H26O10/c28-14-22-23(32)24(33)25(37-26(34)17-5-9-19(30)10-6-17)27(36-22)35-21-12-16(11-20(31)13-21)2-1-15-3-7-18(29)8-4-15/h1-13,22-25,27-33H,14H2/b2-1+/t22-,23-,24+,25-,27-/m1/s1. The van der Waals surface area contributed by atoms with E-state index in [-0.39, 0.29) is 28.6 Å². The van der Waals surface area contributed by atoms with Gasteiger partial charge in [-0.05, 0) is 59.7 Å². The molecule has 0 bridgehead atoms. The third-order valence-corrected chi connectivity index (χ3v) is 5.70. The number of aromatic hydroxyl groups is 3. The summed E-state index contributed by atoms with van der Waals surface area (Å²) >= 11 is 0. The number of carbonyl (C=O) groups is 1. The van der Waals surface area contributed by atoms with Crippen LogP contribution in [0.5, 0.6) is 23.0 Å². The van der Waals surface area contributed by atoms with Crippen LogP contribution in [0.1, 0.15) is 21.5 Å². The number of aliphatic hydroxyl groups is 3. The molecule has 1 saturated heterocycles. The molecule has 3 aromatic carbocycles. The summed E-state index contributed by atoms with van der Waals surface area (Å²) in [6.45, 7) is -0.641. The number of carbonyl (C=O) groups excluding carboxylic acids is 1. The van der Waals surface area contributed by atoms with Gasteiger partial charge in [0.05, 0.1) is 12.2 Å². The molecule has 194 valence electrons. The van der Waals surface area contributed by atoms with Crippen LogP contribution < -0.4 is 4.74 Å². The lowest BCUT2D eigenvalue weighted by molar-refractivity contribution is -0.276. The third-order valence-electron chi connectivity index (χ3n) is 5.70. The smallest absolute Gasteiger partial charge is 0.338 e. The molecule has 10 heteroatoms. The van der Waals surface area contributed by atoms with Crippen molar-refractivity contribution in [3.8, 4) is 23.0 Å². The van der Waals surface area contributed by atoms with E-state index in [1.807, 2.05) is 0 Å². The van der Waals surface area contributed by atoms with Gasteiger partial charge in [-0.1, -0.05) is 24.3 Å². The Hall–Kier alpha value is -4.09. The molecular formula is C27H26O10. The predicted molar refractivity (Wildman–Crippen MR) is 131 cm³/mol. The Kier molecular flexibility index (Phi) is 7.95. The zero-order valence-corrected chi connectivity index (χ0v) is 19.4. The highest BCUT2D eigenvalue weighted by Gasteiger charge is 2.48. The Labute approximate surface area is 211 Å². The highest BCUT2D eigenvalue weighted by Crippen LogP contribution is 2.30. The van der Waals surface area contributed by atoms with Crippen molar-refractivity contribution in [2.75, 3.05) is 6.61 Å². The van der Waals surface area contributed by atoms with E-state index >= 15 is 0 Å². The molecule has 37 heavy (non-hydrogen) atoms. The summed E-state index contributed by atoms with van der Waals surface area (Å²) in [5, 5.41) is 59.6. The molecule has 5 atom stereocenters. The number of hydrogen-bond acceptors (Lipinski definition) is 10. The lowest BCUT2D eigenvalue weighted by Crippen LogP contribution is -2.61. The molecule has 1 aliphatic heterocycles. The van der Waals surface area contributed by atoms with Crippen molar-refractivity contribution < 1.29 is 49.6 Å². The van der Waals surface area contributed by atoms with Crippen LogP contribution in [0.25, 0.3) is 12.2 Å². The second kappa shape index (κ2) is 11.3. The van der Waals surface area contributed by atoms with Gasteiger partial charge in [-0.15, -0.1) is 0 Å². The molecule has 1 fully saturated rings. The molecule has 0 spiro atoms. The van der Waals surface area contributed by atoms with Crippen molar-refractivity contribution in [3.63, 3.8) is 0 Å². The lowest BCUT2D eigenvalue weighted by Gasteiger charge is -2.41. The van der Waals surface area contributed by atoms with E-state index in [9.17, 15) is 35.4 Å². The minimum Gasteiger partial charge on any atom is -0.508 e. The van der Waals surface area contributed by atoms with Gasteiger partial charge in [0.25, 0.3) is 0 Å². The second-order valence-corrected chi connectivity index (χ2v) is 8.43. The van der Waals surface area contributed by atoms with E-state index < -0.39 is 43.3 Å². The van der Waals surface area contributed by atoms with E-state index in [1.54, 1.807) is 30.4 Å². The summed E-state index contributed by atoms with van der Waals surface area (Å²) < 4.78 is 16.8. The minimum absolute atomic E-state index is 0.0563. The van der Waals surface area contributed by atoms with Gasteiger partial charge in [-0.2, -0.15) is 0 Å². The van der Waals surface area contributed by atoms with Gasteiger partial charge in [0.15, 0.2) is 6.10 Å². The first kappa shape index (κ1) is 26.0. The largest absolute Gasteiger partial charge is 0.508 e. The van der Waals surface area contributed by atoms with Crippen molar-refractivity contribution in [1.29, 1.82) is 0 Å². The highest BCUT2D eigenvalue weighted by atomic mass is 16.7. The van der Waals surface area contributed by atoms with Crippen LogP contribution in [0.4, 0.5) is 0 Å². The molecule has 4 rings (SSSR count). The molecule has 10 nitrogen and oxygen atoms in total. The maximum absolute atomic E-state index is 12.7. The zero-order chi connectivity index (χ0) is 26.5. The van der Waals surface area contributed by atoms with Crippen LogP contribution in [0.3, 0.4) is 0 Å². The fourth-order valence-corrected chi connectivity index (χ4v) is 3.75. The molecule has 1 aliphatic rings. The van der Waals surface area contributed by atoms with Crippen LogP contribution in [0, 0.1) is 0 Å². The van der Waals surface area contributed by atoms with E-state index in [0.29, 0.717) is 5.56 Å². The van der Waals surface area contributed by atoms with Gasteiger partial charge < -0.3 is 44.8 Å². The number of benzene rings is 3. The Morgan fingerprint density at radius 1 is 0.811 bits per heavy atom. The van der Waals surface area contributed by atoms with Gasteiger partial charge in [-0.3, -0.25) is 0 Å². The van der Waals surface area contributed by atoms with E-state index in [4.69, 9.17) is 14.2 Å². The van der Waals surface area contributed by atoms with E-state index in [0.717, 1.165) is 5.56 Å². The van der Waals surface area contributed by atoms with Crippen LogP contribution in [-0.4, -0.2) is 73.9 Å². The van der Waals surface area contributed by atoms with E-state index in [2.05, 4.69) is 0 Å². The van der Waals surface area contributed by atoms with Crippen LogP contribution in [0.2, 0.25) is 0 Å². The van der Waals surface area contributed by atoms with Gasteiger partial charge >= 0.3 is 5.97 Å². The topological polar surface area (TPSA) is 166 Å². The molecular weight excluding hydrogens is 484 g/mol. The van der Waals surface area contributed by atoms with Crippen molar-refractivity contribution in [2.24, 2.45) is 0 Å². The first-order chi connectivity index (χ1) is 17.7. The Morgan fingerprint density at radius 3 is 2.08 bits per heavy atom. The van der Waals surface area contributed by atoms with Crippen molar-refractivity contribution in [2.45, 2.75) is 30.7 Å². The maximum atomic E-state index is 12.7. The molecule has 0 amide bonds. The fourth-order valence-electron chi connectivity index (χ4n) is 3.75. The number of esters is 1. The summed E-state index contributed by atoms with van der Waals surface area (Å²) in [7, 11) is 0. The van der Waals surface area contributed by atoms with Crippen LogP contribution in [-0.2, 0) is 9.47 Å². The zero-order valence-electron chi connectivity index (χ0n) is 19.4. The number of ether oxygens (including phenoxy) is 3. The van der Waals surface area contributed by atoms with Gasteiger partial charge in [-0.25, -0.2) is 4.79 Å². The number of phenols is 3. The molecule has 0 aromatic heterocycles. The molecule has 0 radical (unpaired) electrons. The SMILES string of the molecule is O=C(O[C@H]1[C@H](Oc2cc(O)cc(/C=C/c3ccc(O)cc3)c2)O[C@H](CO)[C@@H](O)[C@@H]1O)c1ccc(O)cc1. The summed E-state index contributed by atoms with van der Waals surface area (Å²) in [6.07, 6.45) is -3.98. The molecule has 3 aromatic rings.